The highest BCUT2D eigenvalue weighted by Gasteiger charge is 2.17. The van der Waals surface area contributed by atoms with Gasteiger partial charge in [0.05, 0.1) is 17.9 Å². The quantitative estimate of drug-likeness (QED) is 0.782. The molecule has 0 unspecified atom stereocenters. The molecule has 2 aromatic heterocycles. The SMILES string of the molecule is Cc1cc(=O)n2nc(CN3CCCNc4ccccc43)sc2n1. The van der Waals surface area contributed by atoms with Gasteiger partial charge in [0.1, 0.15) is 5.01 Å². The van der Waals surface area contributed by atoms with Crippen molar-refractivity contribution < 1.29 is 0 Å². The number of hydrogen-bond acceptors (Lipinski definition) is 6. The molecule has 1 aromatic carbocycles. The van der Waals surface area contributed by atoms with Gasteiger partial charge in [-0.2, -0.15) is 9.61 Å². The number of benzene rings is 1. The van der Waals surface area contributed by atoms with Gasteiger partial charge >= 0.3 is 0 Å². The molecule has 0 saturated carbocycles. The summed E-state index contributed by atoms with van der Waals surface area (Å²) in [6.45, 7) is 4.44. The Hall–Kier alpha value is -2.41. The van der Waals surface area contributed by atoms with Crippen LogP contribution in [-0.2, 0) is 6.54 Å². The molecule has 23 heavy (non-hydrogen) atoms. The highest BCUT2D eigenvalue weighted by atomic mass is 32.1. The summed E-state index contributed by atoms with van der Waals surface area (Å²) in [7, 11) is 0. The van der Waals surface area contributed by atoms with Crippen LogP contribution in [-0.4, -0.2) is 27.7 Å². The molecular formula is C16H17N5OS. The number of fused-ring (bicyclic) bond motifs is 2. The maximum Gasteiger partial charge on any atom is 0.275 e. The number of aryl methyl sites for hydroxylation is 1. The zero-order chi connectivity index (χ0) is 15.8. The van der Waals surface area contributed by atoms with Gasteiger partial charge in [0.15, 0.2) is 0 Å². The first-order chi connectivity index (χ1) is 11.2. The van der Waals surface area contributed by atoms with Crippen LogP contribution in [0.15, 0.2) is 35.1 Å². The van der Waals surface area contributed by atoms with Crippen LogP contribution in [0, 0.1) is 6.92 Å². The fourth-order valence-corrected chi connectivity index (χ4v) is 3.82. The summed E-state index contributed by atoms with van der Waals surface area (Å²) in [5.74, 6) is 0. The average molecular weight is 327 g/mol. The Morgan fingerprint density at radius 1 is 1.35 bits per heavy atom. The number of aromatic nitrogens is 3. The molecular weight excluding hydrogens is 310 g/mol. The minimum absolute atomic E-state index is 0.118. The molecule has 7 heteroatoms. The molecule has 6 nitrogen and oxygen atoms in total. The van der Waals surface area contributed by atoms with E-state index in [1.165, 1.54) is 27.6 Å². The second kappa shape index (κ2) is 5.66. The predicted molar refractivity (Wildman–Crippen MR) is 92.5 cm³/mol. The predicted octanol–water partition coefficient (Wildman–Crippen LogP) is 2.28. The van der Waals surface area contributed by atoms with Gasteiger partial charge in [0.25, 0.3) is 5.56 Å². The summed E-state index contributed by atoms with van der Waals surface area (Å²) in [4.78, 5) is 19.4. The van der Waals surface area contributed by atoms with E-state index in [0.717, 1.165) is 35.9 Å². The van der Waals surface area contributed by atoms with Crippen LogP contribution in [0.2, 0.25) is 0 Å². The molecule has 0 radical (unpaired) electrons. The van der Waals surface area contributed by atoms with Gasteiger partial charge in [-0.1, -0.05) is 23.5 Å². The Kier molecular flexibility index (Phi) is 3.49. The van der Waals surface area contributed by atoms with Gasteiger partial charge in [0, 0.05) is 24.8 Å². The zero-order valence-corrected chi connectivity index (χ0v) is 13.6. The molecule has 0 fully saturated rings. The highest BCUT2D eigenvalue weighted by Crippen LogP contribution is 2.29. The third-order valence-electron chi connectivity index (χ3n) is 3.91. The van der Waals surface area contributed by atoms with Crippen LogP contribution < -0.4 is 15.8 Å². The van der Waals surface area contributed by atoms with Gasteiger partial charge in [-0.3, -0.25) is 4.79 Å². The van der Waals surface area contributed by atoms with Crippen LogP contribution in [0.1, 0.15) is 17.1 Å². The van der Waals surface area contributed by atoms with Crippen LogP contribution >= 0.6 is 11.3 Å². The summed E-state index contributed by atoms with van der Waals surface area (Å²) < 4.78 is 1.40. The van der Waals surface area contributed by atoms with E-state index in [1.807, 2.05) is 19.1 Å². The molecule has 1 aliphatic rings. The second-order valence-electron chi connectivity index (χ2n) is 5.64. The lowest BCUT2D eigenvalue weighted by Crippen LogP contribution is -2.23. The number of anilines is 2. The minimum atomic E-state index is -0.118. The molecule has 0 bridgehead atoms. The zero-order valence-electron chi connectivity index (χ0n) is 12.8. The summed E-state index contributed by atoms with van der Waals surface area (Å²) in [6, 6.07) is 9.82. The van der Waals surface area contributed by atoms with Crippen molar-refractivity contribution >= 4 is 27.7 Å². The van der Waals surface area contributed by atoms with Crippen molar-refractivity contribution in [3.05, 3.63) is 51.4 Å². The van der Waals surface area contributed by atoms with E-state index in [-0.39, 0.29) is 5.56 Å². The Balaban J connectivity index is 1.70. The first-order valence-electron chi connectivity index (χ1n) is 7.65. The van der Waals surface area contributed by atoms with Crippen molar-refractivity contribution in [2.45, 2.75) is 19.9 Å². The molecule has 0 spiro atoms. The minimum Gasteiger partial charge on any atom is -0.383 e. The molecule has 0 amide bonds. The lowest BCUT2D eigenvalue weighted by molar-refractivity contribution is 0.743. The topological polar surface area (TPSA) is 62.5 Å². The van der Waals surface area contributed by atoms with Crippen LogP contribution in [0.4, 0.5) is 11.4 Å². The molecule has 0 atom stereocenters. The van der Waals surface area contributed by atoms with Crippen molar-refractivity contribution in [2.24, 2.45) is 0 Å². The number of hydrogen-bond donors (Lipinski definition) is 1. The molecule has 118 valence electrons. The van der Waals surface area contributed by atoms with Crippen LogP contribution in [0.5, 0.6) is 0 Å². The highest BCUT2D eigenvalue weighted by molar-refractivity contribution is 7.16. The first-order valence-corrected chi connectivity index (χ1v) is 8.46. The molecule has 4 rings (SSSR count). The van der Waals surface area contributed by atoms with E-state index >= 15 is 0 Å². The normalized spacial score (nSPS) is 14.4. The van der Waals surface area contributed by atoms with Crippen molar-refractivity contribution in [2.75, 3.05) is 23.3 Å². The second-order valence-corrected chi connectivity index (χ2v) is 6.69. The van der Waals surface area contributed by atoms with Crippen molar-refractivity contribution in [3.8, 4) is 0 Å². The maximum absolute atomic E-state index is 12.0. The average Bonchev–Trinajstić information content (AvgIpc) is 2.82. The smallest absolute Gasteiger partial charge is 0.275 e. The monoisotopic (exact) mass is 327 g/mol. The Bertz CT molecular complexity index is 916. The molecule has 3 heterocycles. The van der Waals surface area contributed by atoms with Gasteiger partial charge in [-0.25, -0.2) is 4.98 Å². The van der Waals surface area contributed by atoms with E-state index in [9.17, 15) is 4.79 Å². The van der Waals surface area contributed by atoms with E-state index in [0.29, 0.717) is 11.5 Å². The van der Waals surface area contributed by atoms with Crippen molar-refractivity contribution in [3.63, 3.8) is 0 Å². The summed E-state index contributed by atoms with van der Waals surface area (Å²) >= 11 is 1.48. The lowest BCUT2D eigenvalue weighted by atomic mass is 10.2. The molecule has 1 aliphatic heterocycles. The third-order valence-corrected chi connectivity index (χ3v) is 4.80. The number of nitrogens with one attached hydrogen (secondary N) is 1. The lowest BCUT2D eigenvalue weighted by Gasteiger charge is -2.22. The standard InChI is InChI=1S/C16H17N5OS/c1-11-9-15(22)21-16(18-11)23-14(19-21)10-20-8-4-7-17-12-5-2-3-6-13(12)20/h2-3,5-6,9,17H,4,7-8,10H2,1H3. The number of rotatable bonds is 2. The van der Waals surface area contributed by atoms with Gasteiger partial charge < -0.3 is 10.2 Å². The number of para-hydroxylation sites is 2. The Morgan fingerprint density at radius 2 is 2.22 bits per heavy atom. The maximum atomic E-state index is 12.0. The van der Waals surface area contributed by atoms with Crippen molar-refractivity contribution in [1.82, 2.24) is 14.6 Å². The van der Waals surface area contributed by atoms with Crippen LogP contribution in [0.25, 0.3) is 4.96 Å². The van der Waals surface area contributed by atoms with E-state index in [4.69, 9.17) is 0 Å². The van der Waals surface area contributed by atoms with Crippen molar-refractivity contribution in [1.29, 1.82) is 0 Å². The summed E-state index contributed by atoms with van der Waals surface area (Å²) in [5.41, 5.74) is 2.94. The van der Waals surface area contributed by atoms with E-state index in [2.05, 4.69) is 32.4 Å². The molecule has 0 saturated heterocycles. The fourth-order valence-electron chi connectivity index (χ4n) is 2.86. The number of nitrogens with zero attached hydrogens (tertiary/aromatic N) is 4. The first kappa shape index (κ1) is 14.2. The Labute approximate surface area is 137 Å². The molecule has 3 aromatic rings. The molecule has 1 N–H and O–H groups in total. The summed E-state index contributed by atoms with van der Waals surface area (Å²) in [6.07, 6.45) is 1.07. The fraction of sp³-hybridized carbons (Fsp3) is 0.312. The molecule has 0 aliphatic carbocycles. The third kappa shape index (κ3) is 2.68. The summed E-state index contributed by atoms with van der Waals surface area (Å²) in [5, 5.41) is 8.81. The van der Waals surface area contributed by atoms with Gasteiger partial charge in [-0.05, 0) is 25.5 Å². The Morgan fingerprint density at radius 3 is 3.13 bits per heavy atom. The largest absolute Gasteiger partial charge is 0.383 e. The van der Waals surface area contributed by atoms with E-state index < -0.39 is 0 Å². The van der Waals surface area contributed by atoms with Gasteiger partial charge in [-0.15, -0.1) is 0 Å². The van der Waals surface area contributed by atoms with Gasteiger partial charge in [0.2, 0.25) is 4.96 Å². The van der Waals surface area contributed by atoms with E-state index in [1.54, 1.807) is 0 Å². The van der Waals surface area contributed by atoms with Crippen LogP contribution in [0.3, 0.4) is 0 Å².